The number of hydrogen-bond acceptors (Lipinski definition) is 4. The number of benzene rings is 2. The first-order valence-corrected chi connectivity index (χ1v) is 10.5. The molecule has 4 rings (SSSR count). The van der Waals surface area contributed by atoms with Gasteiger partial charge in [0.25, 0.3) is 0 Å². The Labute approximate surface area is 164 Å². The van der Waals surface area contributed by atoms with Crippen molar-refractivity contribution in [1.29, 1.82) is 0 Å². The Morgan fingerprint density at radius 1 is 1.15 bits per heavy atom. The van der Waals surface area contributed by atoms with Crippen molar-refractivity contribution in [2.75, 3.05) is 5.75 Å². The van der Waals surface area contributed by atoms with Crippen LogP contribution in [0.5, 0.6) is 0 Å². The molecule has 3 nitrogen and oxygen atoms in total. The zero-order valence-corrected chi connectivity index (χ0v) is 16.5. The molecule has 3 aromatic rings. The Balaban J connectivity index is 1.37. The molecule has 0 amide bonds. The second-order valence-electron chi connectivity index (χ2n) is 7.14. The van der Waals surface area contributed by atoms with E-state index in [0.717, 1.165) is 29.9 Å². The average Bonchev–Trinajstić information content (AvgIpc) is 3.26. The van der Waals surface area contributed by atoms with Crippen molar-refractivity contribution in [1.82, 2.24) is 4.98 Å². The summed E-state index contributed by atoms with van der Waals surface area (Å²) in [6.07, 6.45) is 1.96. The highest BCUT2D eigenvalue weighted by Gasteiger charge is 2.27. The van der Waals surface area contributed by atoms with Gasteiger partial charge in [-0.3, -0.25) is 4.79 Å². The van der Waals surface area contributed by atoms with Crippen molar-refractivity contribution in [2.45, 2.75) is 38.4 Å². The van der Waals surface area contributed by atoms with Gasteiger partial charge >= 0.3 is 0 Å². The molecule has 138 valence electrons. The molecule has 0 fully saturated rings. The highest BCUT2D eigenvalue weighted by molar-refractivity contribution is 7.99. The van der Waals surface area contributed by atoms with Gasteiger partial charge in [0.05, 0.1) is 11.4 Å². The van der Waals surface area contributed by atoms with Gasteiger partial charge in [-0.15, -0.1) is 11.8 Å². The molecule has 0 saturated heterocycles. The van der Waals surface area contributed by atoms with Crippen LogP contribution in [0.4, 0.5) is 0 Å². The number of fused-ring (bicyclic) bond motifs is 1. The quantitative estimate of drug-likeness (QED) is 0.570. The number of rotatable bonds is 6. The SMILES string of the molecule is Cc1ccc(-c2nc(CSCC(=O)C3CCc4ccccc43)c(C)o2)cc1. The van der Waals surface area contributed by atoms with Crippen LogP contribution in [-0.2, 0) is 17.0 Å². The van der Waals surface area contributed by atoms with Crippen molar-refractivity contribution in [3.63, 3.8) is 0 Å². The van der Waals surface area contributed by atoms with Gasteiger partial charge in [-0.2, -0.15) is 0 Å². The highest BCUT2D eigenvalue weighted by atomic mass is 32.2. The van der Waals surface area contributed by atoms with E-state index in [2.05, 4.69) is 42.2 Å². The third-order valence-electron chi connectivity index (χ3n) is 5.20. The monoisotopic (exact) mass is 377 g/mol. The van der Waals surface area contributed by atoms with Crippen molar-refractivity contribution < 1.29 is 9.21 Å². The summed E-state index contributed by atoms with van der Waals surface area (Å²) in [5.41, 5.74) is 5.68. The van der Waals surface area contributed by atoms with E-state index in [1.54, 1.807) is 11.8 Å². The van der Waals surface area contributed by atoms with Crippen LogP contribution in [0.3, 0.4) is 0 Å². The number of Topliss-reactive ketones (excluding diaryl/α,β-unsaturated/α-hetero) is 1. The summed E-state index contributed by atoms with van der Waals surface area (Å²) < 4.78 is 5.84. The van der Waals surface area contributed by atoms with Crippen molar-refractivity contribution in [3.8, 4) is 11.5 Å². The zero-order valence-electron chi connectivity index (χ0n) is 15.7. The second kappa shape index (κ2) is 7.73. The number of oxazole rings is 1. The van der Waals surface area contributed by atoms with E-state index in [9.17, 15) is 4.79 Å². The first-order chi connectivity index (χ1) is 13.1. The lowest BCUT2D eigenvalue weighted by molar-refractivity contribution is -0.117. The maximum absolute atomic E-state index is 12.7. The Bertz CT molecular complexity index is 959. The Kier molecular flexibility index (Phi) is 5.17. The van der Waals surface area contributed by atoms with E-state index in [1.807, 2.05) is 25.1 Å². The average molecular weight is 378 g/mol. The normalized spacial score (nSPS) is 15.7. The molecule has 0 saturated carbocycles. The largest absolute Gasteiger partial charge is 0.441 e. The molecule has 1 atom stereocenters. The maximum Gasteiger partial charge on any atom is 0.226 e. The van der Waals surface area contributed by atoms with Crippen LogP contribution in [0.25, 0.3) is 11.5 Å². The minimum absolute atomic E-state index is 0.0650. The topological polar surface area (TPSA) is 43.1 Å². The van der Waals surface area contributed by atoms with Crippen LogP contribution >= 0.6 is 11.8 Å². The standard InChI is InChI=1S/C23H23NO2S/c1-15-7-9-18(10-8-15)23-24-21(16(2)26-23)13-27-14-22(25)20-12-11-17-5-3-4-6-19(17)20/h3-10,20H,11-14H2,1-2H3. The van der Waals surface area contributed by atoms with Gasteiger partial charge in [0, 0.05) is 17.2 Å². The molecule has 1 unspecified atom stereocenters. The molecule has 1 aromatic heterocycles. The predicted molar refractivity (Wildman–Crippen MR) is 110 cm³/mol. The summed E-state index contributed by atoms with van der Waals surface area (Å²) in [5, 5.41) is 0. The number of aryl methyl sites for hydroxylation is 3. The van der Waals surface area contributed by atoms with Gasteiger partial charge in [0.2, 0.25) is 5.89 Å². The Hall–Kier alpha value is -2.33. The lowest BCUT2D eigenvalue weighted by atomic mass is 9.98. The number of aromatic nitrogens is 1. The van der Waals surface area contributed by atoms with Crippen molar-refractivity contribution >= 4 is 17.5 Å². The zero-order chi connectivity index (χ0) is 18.8. The first-order valence-electron chi connectivity index (χ1n) is 9.33. The molecule has 2 aromatic carbocycles. The van der Waals surface area contributed by atoms with E-state index in [-0.39, 0.29) is 5.92 Å². The molecule has 0 spiro atoms. The van der Waals surface area contributed by atoms with Crippen molar-refractivity contribution in [3.05, 3.63) is 76.7 Å². The third kappa shape index (κ3) is 3.86. The lowest BCUT2D eigenvalue weighted by Gasteiger charge is -2.09. The molecule has 1 aliphatic carbocycles. The van der Waals surface area contributed by atoms with Gasteiger partial charge in [-0.1, -0.05) is 42.0 Å². The fraction of sp³-hybridized carbons (Fsp3) is 0.304. The number of nitrogens with zero attached hydrogens (tertiary/aromatic N) is 1. The van der Waals surface area contributed by atoms with Crippen LogP contribution in [0, 0.1) is 13.8 Å². The fourth-order valence-corrected chi connectivity index (χ4v) is 4.59. The minimum Gasteiger partial charge on any atom is -0.441 e. The summed E-state index contributed by atoms with van der Waals surface area (Å²) in [6, 6.07) is 16.5. The molecule has 1 heterocycles. The van der Waals surface area contributed by atoms with Gasteiger partial charge in [-0.25, -0.2) is 4.98 Å². The van der Waals surface area contributed by atoms with Gasteiger partial charge < -0.3 is 4.42 Å². The molecule has 0 radical (unpaired) electrons. The van der Waals surface area contributed by atoms with Crippen molar-refractivity contribution in [2.24, 2.45) is 0 Å². The van der Waals surface area contributed by atoms with Crippen LogP contribution < -0.4 is 0 Å². The summed E-state index contributed by atoms with van der Waals surface area (Å²) in [4.78, 5) is 17.3. The van der Waals surface area contributed by atoms with E-state index in [0.29, 0.717) is 23.2 Å². The van der Waals surface area contributed by atoms with Gasteiger partial charge in [-0.05, 0) is 49.9 Å². The third-order valence-corrected chi connectivity index (χ3v) is 6.16. The lowest BCUT2D eigenvalue weighted by Crippen LogP contribution is -2.12. The maximum atomic E-state index is 12.7. The van der Waals surface area contributed by atoms with Crippen LogP contribution in [0.15, 0.2) is 52.9 Å². The molecule has 0 bridgehead atoms. The number of carbonyl (C=O) groups excluding carboxylic acids is 1. The summed E-state index contributed by atoms with van der Waals surface area (Å²) in [5.74, 6) is 3.09. The fourth-order valence-electron chi connectivity index (χ4n) is 3.62. The number of carbonyl (C=O) groups is 1. The second-order valence-corrected chi connectivity index (χ2v) is 8.12. The minimum atomic E-state index is 0.0650. The Morgan fingerprint density at radius 2 is 1.93 bits per heavy atom. The molecule has 27 heavy (non-hydrogen) atoms. The predicted octanol–water partition coefficient (Wildman–Crippen LogP) is 5.49. The van der Waals surface area contributed by atoms with E-state index in [1.165, 1.54) is 16.7 Å². The summed E-state index contributed by atoms with van der Waals surface area (Å²) >= 11 is 1.63. The van der Waals surface area contributed by atoms with Gasteiger partial charge in [0.15, 0.2) is 0 Å². The number of ketones is 1. The van der Waals surface area contributed by atoms with Gasteiger partial charge in [0.1, 0.15) is 11.5 Å². The van der Waals surface area contributed by atoms with Crippen LogP contribution in [0.1, 0.15) is 40.5 Å². The molecule has 1 aliphatic rings. The van der Waals surface area contributed by atoms with E-state index >= 15 is 0 Å². The number of hydrogen-bond donors (Lipinski definition) is 0. The molecule has 0 N–H and O–H groups in total. The smallest absolute Gasteiger partial charge is 0.226 e. The molecular weight excluding hydrogens is 354 g/mol. The Morgan fingerprint density at radius 3 is 2.74 bits per heavy atom. The molecular formula is C23H23NO2S. The van der Waals surface area contributed by atoms with Crippen LogP contribution in [-0.4, -0.2) is 16.5 Å². The summed E-state index contributed by atoms with van der Waals surface area (Å²) in [7, 11) is 0. The van der Waals surface area contributed by atoms with E-state index < -0.39 is 0 Å². The summed E-state index contributed by atoms with van der Waals surface area (Å²) in [6.45, 7) is 4.00. The first kappa shape index (κ1) is 18.1. The molecule has 0 aliphatic heterocycles. The highest BCUT2D eigenvalue weighted by Crippen LogP contribution is 2.34. The van der Waals surface area contributed by atoms with Crippen LogP contribution in [0.2, 0.25) is 0 Å². The molecule has 4 heteroatoms. The number of thioether (sulfide) groups is 1. The van der Waals surface area contributed by atoms with E-state index in [4.69, 9.17) is 4.42 Å².